The van der Waals surface area contributed by atoms with Crippen molar-refractivity contribution in [3.8, 4) is 0 Å². The van der Waals surface area contributed by atoms with Crippen molar-refractivity contribution < 1.29 is 5.11 Å². The Morgan fingerprint density at radius 1 is 1.53 bits per heavy atom. The average molecular weight is 224 g/mol. The van der Waals surface area contributed by atoms with Crippen molar-refractivity contribution in [3.05, 3.63) is 12.5 Å². The lowest BCUT2D eigenvalue weighted by Crippen LogP contribution is -2.02. The fraction of sp³-hybridized carbons (Fsp3) is 0.444. The van der Waals surface area contributed by atoms with Crippen molar-refractivity contribution in [3.63, 3.8) is 0 Å². The highest BCUT2D eigenvalue weighted by molar-refractivity contribution is 8.00. The Hall–Kier alpha value is -1.14. The van der Waals surface area contributed by atoms with Crippen LogP contribution >= 0.6 is 11.8 Å². The first-order chi connectivity index (χ1) is 7.22. The van der Waals surface area contributed by atoms with Gasteiger partial charge in [0.15, 0.2) is 5.65 Å². The van der Waals surface area contributed by atoms with Crippen molar-refractivity contribution in [2.45, 2.75) is 17.2 Å². The Morgan fingerprint density at radius 3 is 3.07 bits per heavy atom. The van der Waals surface area contributed by atoms with E-state index in [9.17, 15) is 0 Å². The van der Waals surface area contributed by atoms with Gasteiger partial charge in [-0.2, -0.15) is 5.10 Å². The second-order valence-corrected chi connectivity index (χ2v) is 4.72. The molecule has 6 heteroatoms. The fourth-order valence-electron chi connectivity index (χ4n) is 1.26. The molecule has 2 rings (SSSR count). The molecule has 0 aliphatic heterocycles. The van der Waals surface area contributed by atoms with Crippen molar-refractivity contribution in [1.29, 1.82) is 0 Å². The molecule has 0 fully saturated rings. The average Bonchev–Trinajstić information content (AvgIpc) is 2.62. The van der Waals surface area contributed by atoms with Gasteiger partial charge < -0.3 is 5.11 Å². The molecule has 2 aromatic rings. The van der Waals surface area contributed by atoms with E-state index in [1.54, 1.807) is 10.9 Å². The van der Waals surface area contributed by atoms with Gasteiger partial charge in [0.2, 0.25) is 0 Å². The van der Waals surface area contributed by atoms with E-state index in [1.165, 1.54) is 18.1 Å². The summed E-state index contributed by atoms with van der Waals surface area (Å²) in [5.74, 6) is 0. The number of nitrogens with zero attached hydrogens (tertiary/aromatic N) is 4. The highest BCUT2D eigenvalue weighted by atomic mass is 32.2. The van der Waals surface area contributed by atoms with Gasteiger partial charge in [-0.05, 0) is 0 Å². The first kappa shape index (κ1) is 10.4. The zero-order chi connectivity index (χ0) is 10.8. The van der Waals surface area contributed by atoms with Crippen LogP contribution in [0.15, 0.2) is 17.6 Å². The van der Waals surface area contributed by atoms with Gasteiger partial charge >= 0.3 is 0 Å². The minimum absolute atomic E-state index is 0.128. The van der Waals surface area contributed by atoms with Crippen LogP contribution in [0.1, 0.15) is 6.92 Å². The van der Waals surface area contributed by atoms with Gasteiger partial charge in [0.05, 0.1) is 18.2 Å². The smallest absolute Gasteiger partial charge is 0.162 e. The molecule has 0 saturated heterocycles. The lowest BCUT2D eigenvalue weighted by atomic mass is 10.4. The van der Waals surface area contributed by atoms with Crippen LogP contribution in [0.4, 0.5) is 0 Å². The van der Waals surface area contributed by atoms with Crippen molar-refractivity contribution in [1.82, 2.24) is 19.7 Å². The van der Waals surface area contributed by atoms with Gasteiger partial charge in [0.1, 0.15) is 11.4 Å². The molecule has 0 bridgehead atoms. The van der Waals surface area contributed by atoms with Gasteiger partial charge in [0, 0.05) is 12.3 Å². The quantitative estimate of drug-likeness (QED) is 0.618. The number of hydrogen-bond acceptors (Lipinski definition) is 5. The van der Waals surface area contributed by atoms with Crippen molar-refractivity contribution in [2.24, 2.45) is 7.05 Å². The van der Waals surface area contributed by atoms with Crippen LogP contribution in [0.25, 0.3) is 11.0 Å². The third kappa shape index (κ3) is 1.95. The number of aromatic nitrogens is 4. The lowest BCUT2D eigenvalue weighted by Gasteiger charge is -2.06. The lowest BCUT2D eigenvalue weighted by molar-refractivity contribution is 0.300. The molecule has 80 valence electrons. The van der Waals surface area contributed by atoms with Crippen LogP contribution in [0, 0.1) is 0 Å². The van der Waals surface area contributed by atoms with E-state index in [0.717, 1.165) is 16.1 Å². The monoisotopic (exact) mass is 224 g/mol. The Kier molecular flexibility index (Phi) is 2.88. The summed E-state index contributed by atoms with van der Waals surface area (Å²) >= 11 is 1.53. The van der Waals surface area contributed by atoms with Crippen molar-refractivity contribution >= 4 is 22.8 Å². The van der Waals surface area contributed by atoms with Gasteiger partial charge in [-0.1, -0.05) is 6.92 Å². The SMILES string of the molecule is CC(CO)Sc1ncnc2c1cnn2C. The van der Waals surface area contributed by atoms with E-state index < -0.39 is 0 Å². The Bertz CT molecular complexity index is 470. The van der Waals surface area contributed by atoms with Crippen LogP contribution in [0.5, 0.6) is 0 Å². The van der Waals surface area contributed by atoms with Crippen LogP contribution in [-0.2, 0) is 7.05 Å². The van der Waals surface area contributed by atoms with E-state index in [4.69, 9.17) is 5.11 Å². The molecule has 0 amide bonds. The minimum atomic E-state index is 0.128. The molecular weight excluding hydrogens is 212 g/mol. The number of hydrogen-bond donors (Lipinski definition) is 1. The standard InChI is InChI=1S/C9H12N4OS/c1-6(4-14)15-9-7-3-12-13(2)8(7)10-5-11-9/h3,5-6,14H,4H2,1-2H3. The summed E-state index contributed by atoms with van der Waals surface area (Å²) in [5.41, 5.74) is 0.817. The molecule has 0 radical (unpaired) electrons. The molecular formula is C9H12N4OS. The van der Waals surface area contributed by atoms with E-state index in [0.29, 0.717) is 0 Å². The molecule has 0 aliphatic rings. The van der Waals surface area contributed by atoms with Gasteiger partial charge in [-0.15, -0.1) is 11.8 Å². The topological polar surface area (TPSA) is 63.8 Å². The summed E-state index contributed by atoms with van der Waals surface area (Å²) in [4.78, 5) is 8.34. The van der Waals surface area contributed by atoms with Crippen LogP contribution in [0.3, 0.4) is 0 Å². The predicted molar refractivity (Wildman–Crippen MR) is 58.7 cm³/mol. The van der Waals surface area contributed by atoms with Gasteiger partial charge in [0.25, 0.3) is 0 Å². The number of aliphatic hydroxyl groups excluding tert-OH is 1. The molecule has 1 atom stereocenters. The summed E-state index contributed by atoms with van der Waals surface area (Å²) in [7, 11) is 1.85. The zero-order valence-corrected chi connectivity index (χ0v) is 9.40. The highest BCUT2D eigenvalue weighted by Gasteiger charge is 2.11. The second-order valence-electron chi connectivity index (χ2n) is 3.30. The zero-order valence-electron chi connectivity index (χ0n) is 8.58. The van der Waals surface area contributed by atoms with Crippen LogP contribution in [-0.4, -0.2) is 36.7 Å². The number of thioether (sulfide) groups is 1. The number of aliphatic hydroxyl groups is 1. The third-order valence-electron chi connectivity index (χ3n) is 2.06. The molecule has 2 heterocycles. The van der Waals surface area contributed by atoms with E-state index >= 15 is 0 Å². The third-order valence-corrected chi connectivity index (χ3v) is 3.16. The van der Waals surface area contributed by atoms with Crippen LogP contribution < -0.4 is 0 Å². The molecule has 15 heavy (non-hydrogen) atoms. The summed E-state index contributed by atoms with van der Waals surface area (Å²) in [6.45, 7) is 2.09. The van der Waals surface area contributed by atoms with Crippen LogP contribution in [0.2, 0.25) is 0 Å². The number of aryl methyl sites for hydroxylation is 1. The molecule has 5 nitrogen and oxygen atoms in total. The molecule has 1 N–H and O–H groups in total. The minimum Gasteiger partial charge on any atom is -0.395 e. The number of fused-ring (bicyclic) bond motifs is 1. The Labute approximate surface area is 91.5 Å². The van der Waals surface area contributed by atoms with E-state index in [2.05, 4.69) is 15.1 Å². The summed E-state index contributed by atoms with van der Waals surface area (Å²) in [5, 5.41) is 15.0. The maximum Gasteiger partial charge on any atom is 0.162 e. The maximum absolute atomic E-state index is 8.99. The fourth-order valence-corrected chi connectivity index (χ4v) is 2.10. The predicted octanol–water partition coefficient (Wildman–Crippen LogP) is 0.836. The maximum atomic E-state index is 8.99. The summed E-state index contributed by atoms with van der Waals surface area (Å²) < 4.78 is 1.71. The first-order valence-electron chi connectivity index (χ1n) is 4.62. The Morgan fingerprint density at radius 2 is 2.33 bits per heavy atom. The molecule has 0 aliphatic carbocycles. The van der Waals surface area contributed by atoms with Crippen molar-refractivity contribution in [2.75, 3.05) is 6.61 Å². The number of rotatable bonds is 3. The van der Waals surface area contributed by atoms with Gasteiger partial charge in [-0.25, -0.2) is 9.97 Å². The normalized spacial score (nSPS) is 13.3. The summed E-state index contributed by atoms with van der Waals surface area (Å²) in [6.07, 6.45) is 3.28. The molecule has 0 aromatic carbocycles. The molecule has 2 aromatic heterocycles. The van der Waals surface area contributed by atoms with Gasteiger partial charge in [-0.3, -0.25) is 4.68 Å². The highest BCUT2D eigenvalue weighted by Crippen LogP contribution is 2.26. The summed E-state index contributed by atoms with van der Waals surface area (Å²) in [6, 6.07) is 0. The largest absolute Gasteiger partial charge is 0.395 e. The molecule has 1 unspecified atom stereocenters. The first-order valence-corrected chi connectivity index (χ1v) is 5.50. The molecule has 0 spiro atoms. The van der Waals surface area contributed by atoms with E-state index in [1.807, 2.05) is 14.0 Å². The second kappa shape index (κ2) is 4.16. The molecule has 0 saturated carbocycles. The Balaban J connectivity index is 2.43. The van der Waals surface area contributed by atoms with E-state index in [-0.39, 0.29) is 11.9 Å².